The number of aromatic nitrogens is 1. The van der Waals surface area contributed by atoms with Crippen LogP contribution < -0.4 is 5.32 Å². The van der Waals surface area contributed by atoms with E-state index in [2.05, 4.69) is 15.5 Å². The molecule has 0 bridgehead atoms. The quantitative estimate of drug-likeness (QED) is 0.506. The van der Waals surface area contributed by atoms with Crippen molar-refractivity contribution in [3.63, 3.8) is 0 Å². The van der Waals surface area contributed by atoms with Crippen LogP contribution >= 0.6 is 11.3 Å². The predicted octanol–water partition coefficient (Wildman–Crippen LogP) is 2.59. The lowest BCUT2D eigenvalue weighted by atomic mass is 10.1. The molecule has 1 amide bonds. The highest BCUT2D eigenvalue weighted by atomic mass is 32.1. The van der Waals surface area contributed by atoms with Gasteiger partial charge in [-0.15, -0.1) is 11.3 Å². The molecule has 0 fully saturated rings. The van der Waals surface area contributed by atoms with Crippen LogP contribution in [-0.2, 0) is 0 Å². The molecule has 0 atom stereocenters. The highest BCUT2D eigenvalue weighted by Gasteiger charge is 2.08. The van der Waals surface area contributed by atoms with E-state index < -0.39 is 0 Å². The summed E-state index contributed by atoms with van der Waals surface area (Å²) in [4.78, 5) is 15.7. The van der Waals surface area contributed by atoms with E-state index in [1.165, 1.54) is 11.3 Å². The minimum absolute atomic E-state index is 0.257. The van der Waals surface area contributed by atoms with Crippen molar-refractivity contribution in [1.82, 2.24) is 4.98 Å². The minimum atomic E-state index is -0.257. The Balaban J connectivity index is 2.17. The molecular formula is C12H11N3O2S. The molecule has 5 nitrogen and oxygen atoms in total. The van der Waals surface area contributed by atoms with Crippen LogP contribution in [0.5, 0.6) is 0 Å². The van der Waals surface area contributed by atoms with E-state index in [1.807, 2.05) is 0 Å². The molecule has 0 radical (unpaired) electrons. The fourth-order valence-electron chi connectivity index (χ4n) is 1.40. The summed E-state index contributed by atoms with van der Waals surface area (Å²) in [5.41, 5.74) is 3.85. The van der Waals surface area contributed by atoms with Gasteiger partial charge in [-0.05, 0) is 19.1 Å². The highest BCUT2D eigenvalue weighted by molar-refractivity contribution is 7.07. The lowest BCUT2D eigenvalue weighted by molar-refractivity contribution is 0.102. The van der Waals surface area contributed by atoms with Crippen LogP contribution in [0.3, 0.4) is 0 Å². The van der Waals surface area contributed by atoms with Crippen molar-refractivity contribution in [2.45, 2.75) is 6.92 Å². The van der Waals surface area contributed by atoms with Gasteiger partial charge < -0.3 is 10.5 Å². The summed E-state index contributed by atoms with van der Waals surface area (Å²) >= 11 is 1.37. The second-order valence-corrected chi connectivity index (χ2v) is 4.31. The zero-order valence-electron chi connectivity index (χ0n) is 9.62. The Morgan fingerprint density at radius 2 is 2.33 bits per heavy atom. The average Bonchev–Trinajstić information content (AvgIpc) is 2.92. The Labute approximate surface area is 108 Å². The second kappa shape index (κ2) is 5.42. The molecule has 0 aliphatic heterocycles. The number of carbonyl (C=O) groups excluding carboxylic acids is 1. The molecule has 0 saturated heterocycles. The van der Waals surface area contributed by atoms with E-state index in [-0.39, 0.29) is 5.91 Å². The number of rotatable bonds is 3. The topological polar surface area (TPSA) is 74.6 Å². The molecule has 0 unspecified atom stereocenters. The molecule has 0 spiro atoms. The Hall–Kier alpha value is -2.21. The van der Waals surface area contributed by atoms with Crippen LogP contribution in [0.15, 0.2) is 40.3 Å². The average molecular weight is 261 g/mol. The number of amides is 1. The van der Waals surface area contributed by atoms with E-state index in [1.54, 1.807) is 42.1 Å². The molecule has 1 aromatic heterocycles. The fraction of sp³-hybridized carbons (Fsp3) is 0.0833. The zero-order valence-corrected chi connectivity index (χ0v) is 10.4. The molecule has 1 heterocycles. The molecule has 18 heavy (non-hydrogen) atoms. The first-order valence-electron chi connectivity index (χ1n) is 5.19. The number of hydrogen-bond donors (Lipinski definition) is 2. The molecule has 2 N–H and O–H groups in total. The lowest BCUT2D eigenvalue weighted by Crippen LogP contribution is -2.12. The molecule has 2 rings (SSSR count). The van der Waals surface area contributed by atoms with Gasteiger partial charge in [0.2, 0.25) is 0 Å². The molecular weight excluding hydrogens is 250 g/mol. The first-order chi connectivity index (χ1) is 8.70. The summed E-state index contributed by atoms with van der Waals surface area (Å²) in [6.45, 7) is 1.68. The third-order valence-electron chi connectivity index (χ3n) is 2.35. The van der Waals surface area contributed by atoms with Crippen LogP contribution in [0.1, 0.15) is 23.0 Å². The Morgan fingerprint density at radius 3 is 3.00 bits per heavy atom. The third kappa shape index (κ3) is 2.72. The Kier molecular flexibility index (Phi) is 3.69. The van der Waals surface area contributed by atoms with E-state index in [4.69, 9.17) is 5.21 Å². The molecule has 2 aromatic rings. The van der Waals surface area contributed by atoms with Crippen molar-refractivity contribution in [1.29, 1.82) is 0 Å². The number of anilines is 1. The molecule has 0 aliphatic rings. The van der Waals surface area contributed by atoms with Gasteiger partial charge in [0.25, 0.3) is 5.91 Å². The maximum atomic E-state index is 11.8. The molecule has 92 valence electrons. The Bertz CT molecular complexity index is 579. The van der Waals surface area contributed by atoms with Gasteiger partial charge in [0.15, 0.2) is 0 Å². The monoisotopic (exact) mass is 261 g/mol. The highest BCUT2D eigenvalue weighted by Crippen LogP contribution is 2.13. The number of benzene rings is 1. The van der Waals surface area contributed by atoms with Crippen LogP contribution in [0.4, 0.5) is 5.69 Å². The van der Waals surface area contributed by atoms with Gasteiger partial charge in [-0.3, -0.25) is 4.79 Å². The molecule has 0 saturated carbocycles. The number of thiazole rings is 1. The number of oxime groups is 1. The summed E-state index contributed by atoms with van der Waals surface area (Å²) in [6, 6.07) is 7.08. The van der Waals surface area contributed by atoms with Crippen LogP contribution in [0, 0.1) is 0 Å². The summed E-state index contributed by atoms with van der Waals surface area (Å²) in [5, 5.41) is 16.2. The van der Waals surface area contributed by atoms with Gasteiger partial charge in [-0.2, -0.15) is 0 Å². The van der Waals surface area contributed by atoms with Gasteiger partial charge in [-0.1, -0.05) is 17.3 Å². The maximum Gasteiger partial charge on any atom is 0.275 e. The number of nitrogens with one attached hydrogen (secondary N) is 1. The van der Waals surface area contributed by atoms with Crippen molar-refractivity contribution < 1.29 is 10.0 Å². The van der Waals surface area contributed by atoms with Crippen LogP contribution in [0.2, 0.25) is 0 Å². The first kappa shape index (κ1) is 12.3. The van der Waals surface area contributed by atoms with Gasteiger partial charge in [0.1, 0.15) is 5.69 Å². The largest absolute Gasteiger partial charge is 0.411 e. The number of carbonyl (C=O) groups is 1. The van der Waals surface area contributed by atoms with Crippen molar-refractivity contribution in [3.8, 4) is 0 Å². The number of nitrogens with zero attached hydrogens (tertiary/aromatic N) is 2. The normalized spacial score (nSPS) is 11.3. The van der Waals surface area contributed by atoms with Crippen LogP contribution in [-0.4, -0.2) is 21.8 Å². The van der Waals surface area contributed by atoms with Crippen LogP contribution in [0.25, 0.3) is 0 Å². The van der Waals surface area contributed by atoms with Gasteiger partial charge >= 0.3 is 0 Å². The van der Waals surface area contributed by atoms with Crippen molar-refractivity contribution >= 4 is 28.6 Å². The molecule has 1 aromatic carbocycles. The van der Waals surface area contributed by atoms with E-state index in [9.17, 15) is 4.79 Å². The summed E-state index contributed by atoms with van der Waals surface area (Å²) in [7, 11) is 0. The standard InChI is InChI=1S/C12H11N3O2S/c1-8(15-17)9-3-2-4-10(5-9)14-12(16)11-6-18-7-13-11/h2-7,17H,1H3,(H,14,16). The summed E-state index contributed by atoms with van der Waals surface area (Å²) in [5.74, 6) is -0.257. The van der Waals surface area contributed by atoms with Crippen molar-refractivity contribution in [3.05, 3.63) is 46.4 Å². The summed E-state index contributed by atoms with van der Waals surface area (Å²) in [6.07, 6.45) is 0. The fourth-order valence-corrected chi connectivity index (χ4v) is 1.93. The second-order valence-electron chi connectivity index (χ2n) is 3.59. The lowest BCUT2D eigenvalue weighted by Gasteiger charge is -2.05. The minimum Gasteiger partial charge on any atom is -0.411 e. The van der Waals surface area contributed by atoms with Gasteiger partial charge in [-0.25, -0.2) is 4.98 Å². The van der Waals surface area contributed by atoms with Crippen molar-refractivity contribution in [2.75, 3.05) is 5.32 Å². The first-order valence-corrected chi connectivity index (χ1v) is 6.13. The van der Waals surface area contributed by atoms with E-state index in [0.717, 1.165) is 5.56 Å². The van der Waals surface area contributed by atoms with E-state index >= 15 is 0 Å². The maximum absolute atomic E-state index is 11.8. The molecule has 0 aliphatic carbocycles. The van der Waals surface area contributed by atoms with Crippen molar-refractivity contribution in [2.24, 2.45) is 5.16 Å². The predicted molar refractivity (Wildman–Crippen MR) is 70.5 cm³/mol. The van der Waals surface area contributed by atoms with Gasteiger partial charge in [0, 0.05) is 16.6 Å². The smallest absolute Gasteiger partial charge is 0.275 e. The molecule has 6 heteroatoms. The zero-order chi connectivity index (χ0) is 13.0. The number of hydrogen-bond acceptors (Lipinski definition) is 5. The Morgan fingerprint density at radius 1 is 1.50 bits per heavy atom. The third-order valence-corrected chi connectivity index (χ3v) is 2.94. The summed E-state index contributed by atoms with van der Waals surface area (Å²) < 4.78 is 0. The van der Waals surface area contributed by atoms with E-state index in [0.29, 0.717) is 17.1 Å². The van der Waals surface area contributed by atoms with Gasteiger partial charge in [0.05, 0.1) is 11.2 Å². The SMILES string of the molecule is CC(=NO)c1cccc(NC(=O)c2cscn2)c1.